The zero-order chi connectivity index (χ0) is 13.9. The molecule has 2 N–H and O–H groups in total. The molecule has 1 aliphatic heterocycles. The fraction of sp³-hybridized carbons (Fsp3) is 0.357. The molecule has 2 aromatic rings. The molecule has 0 atom stereocenters. The van der Waals surface area contributed by atoms with Gasteiger partial charge >= 0.3 is 0 Å². The highest BCUT2D eigenvalue weighted by molar-refractivity contribution is 5.80. The number of anilines is 2. The van der Waals surface area contributed by atoms with Gasteiger partial charge in [-0.25, -0.2) is 0 Å². The van der Waals surface area contributed by atoms with Crippen molar-refractivity contribution in [3.8, 4) is 16.9 Å². The van der Waals surface area contributed by atoms with Crippen molar-refractivity contribution < 1.29 is 14.0 Å². The van der Waals surface area contributed by atoms with Crippen LogP contribution in [-0.4, -0.2) is 38.6 Å². The van der Waals surface area contributed by atoms with E-state index in [1.165, 1.54) is 0 Å². The summed E-state index contributed by atoms with van der Waals surface area (Å²) in [4.78, 5) is 2.27. The summed E-state index contributed by atoms with van der Waals surface area (Å²) in [6, 6.07) is 6.02. The summed E-state index contributed by atoms with van der Waals surface area (Å²) in [5.74, 6) is 1.04. The van der Waals surface area contributed by atoms with Crippen LogP contribution in [0.25, 0.3) is 11.1 Å². The van der Waals surface area contributed by atoms with E-state index in [0.29, 0.717) is 5.88 Å². The summed E-state index contributed by atoms with van der Waals surface area (Å²) in [6.07, 6.45) is 1.61. The zero-order valence-corrected chi connectivity index (χ0v) is 11.3. The van der Waals surface area contributed by atoms with Crippen LogP contribution in [0.15, 0.2) is 28.9 Å². The topological polar surface area (TPSA) is 73.8 Å². The normalized spacial score (nSPS) is 15.3. The van der Waals surface area contributed by atoms with Gasteiger partial charge in [-0.1, -0.05) is 5.16 Å². The Balaban J connectivity index is 2.00. The summed E-state index contributed by atoms with van der Waals surface area (Å²) in [5, 5.41) is 3.73. The lowest BCUT2D eigenvalue weighted by molar-refractivity contribution is 0.122. The quantitative estimate of drug-likeness (QED) is 0.920. The minimum Gasteiger partial charge on any atom is -0.496 e. The van der Waals surface area contributed by atoms with Gasteiger partial charge in [-0.05, 0) is 18.2 Å². The molecule has 0 bridgehead atoms. The van der Waals surface area contributed by atoms with Crippen LogP contribution in [0.4, 0.5) is 11.6 Å². The first kappa shape index (κ1) is 12.8. The Bertz CT molecular complexity index is 591. The Morgan fingerprint density at radius 3 is 2.70 bits per heavy atom. The van der Waals surface area contributed by atoms with Crippen molar-refractivity contribution in [2.45, 2.75) is 0 Å². The van der Waals surface area contributed by atoms with Gasteiger partial charge in [-0.15, -0.1) is 0 Å². The Morgan fingerprint density at radius 1 is 1.25 bits per heavy atom. The molecule has 3 rings (SSSR count). The second-order valence-electron chi connectivity index (χ2n) is 4.59. The molecule has 20 heavy (non-hydrogen) atoms. The predicted octanol–water partition coefficient (Wildman–Crippen LogP) is 1.77. The van der Waals surface area contributed by atoms with Gasteiger partial charge in [0.2, 0.25) is 5.88 Å². The van der Waals surface area contributed by atoms with Gasteiger partial charge in [0, 0.05) is 24.3 Å². The summed E-state index contributed by atoms with van der Waals surface area (Å²) >= 11 is 0. The highest BCUT2D eigenvalue weighted by atomic mass is 16.5. The third-order valence-corrected chi connectivity index (χ3v) is 3.45. The third-order valence-electron chi connectivity index (χ3n) is 3.45. The lowest BCUT2D eigenvalue weighted by atomic mass is 10.1. The number of hydrogen-bond acceptors (Lipinski definition) is 6. The summed E-state index contributed by atoms with van der Waals surface area (Å²) < 4.78 is 15.7. The van der Waals surface area contributed by atoms with Gasteiger partial charge in [0.1, 0.15) is 5.75 Å². The number of aromatic nitrogens is 1. The Labute approximate surface area is 117 Å². The van der Waals surface area contributed by atoms with E-state index >= 15 is 0 Å². The first-order valence-electron chi connectivity index (χ1n) is 6.51. The standard InChI is InChI=1S/C14H17N3O3/c1-18-13-3-2-10(17-4-6-19-7-5-17)8-11(13)12-9-16-20-14(12)15/h2-3,8-9H,4-7,15H2,1H3. The molecule has 1 fully saturated rings. The maximum Gasteiger partial charge on any atom is 0.230 e. The molecule has 6 heteroatoms. The van der Waals surface area contributed by atoms with Crippen LogP contribution in [0.3, 0.4) is 0 Å². The number of benzene rings is 1. The maximum atomic E-state index is 5.81. The number of hydrogen-bond donors (Lipinski definition) is 1. The lowest BCUT2D eigenvalue weighted by Crippen LogP contribution is -2.36. The van der Waals surface area contributed by atoms with Gasteiger partial charge in [0.25, 0.3) is 0 Å². The van der Waals surface area contributed by atoms with Crippen LogP contribution in [0.5, 0.6) is 5.75 Å². The average molecular weight is 275 g/mol. The first-order valence-corrected chi connectivity index (χ1v) is 6.51. The van der Waals surface area contributed by atoms with Crippen LogP contribution in [0.1, 0.15) is 0 Å². The Morgan fingerprint density at radius 2 is 2.05 bits per heavy atom. The van der Waals surface area contributed by atoms with E-state index in [4.69, 9.17) is 19.7 Å². The highest BCUT2D eigenvalue weighted by Gasteiger charge is 2.17. The molecular formula is C14H17N3O3. The van der Waals surface area contributed by atoms with Crippen molar-refractivity contribution in [2.24, 2.45) is 0 Å². The fourth-order valence-electron chi connectivity index (χ4n) is 2.38. The number of rotatable bonds is 3. The average Bonchev–Trinajstić information content (AvgIpc) is 2.93. The van der Waals surface area contributed by atoms with Gasteiger partial charge in [-0.3, -0.25) is 0 Å². The van der Waals surface area contributed by atoms with E-state index in [-0.39, 0.29) is 0 Å². The molecule has 2 heterocycles. The van der Waals surface area contributed by atoms with Crippen molar-refractivity contribution in [2.75, 3.05) is 44.0 Å². The summed E-state index contributed by atoms with van der Waals surface area (Å²) in [6.45, 7) is 3.25. The largest absolute Gasteiger partial charge is 0.496 e. The van der Waals surface area contributed by atoms with E-state index in [1.807, 2.05) is 18.2 Å². The summed E-state index contributed by atoms with van der Waals surface area (Å²) in [7, 11) is 1.64. The number of nitrogen functional groups attached to an aromatic ring is 1. The van der Waals surface area contributed by atoms with E-state index in [2.05, 4.69) is 10.1 Å². The van der Waals surface area contributed by atoms with Crippen LogP contribution in [-0.2, 0) is 4.74 Å². The Kier molecular flexibility index (Phi) is 3.47. The van der Waals surface area contributed by atoms with Crippen molar-refractivity contribution in [3.05, 3.63) is 24.4 Å². The van der Waals surface area contributed by atoms with Crippen molar-refractivity contribution >= 4 is 11.6 Å². The second kappa shape index (κ2) is 5.42. The third kappa shape index (κ3) is 2.30. The van der Waals surface area contributed by atoms with Crippen LogP contribution in [0, 0.1) is 0 Å². The van der Waals surface area contributed by atoms with Crippen molar-refractivity contribution in [1.82, 2.24) is 5.16 Å². The second-order valence-corrected chi connectivity index (χ2v) is 4.59. The van der Waals surface area contributed by atoms with Gasteiger partial charge in [0.15, 0.2) is 0 Å². The van der Waals surface area contributed by atoms with E-state index in [9.17, 15) is 0 Å². The smallest absolute Gasteiger partial charge is 0.230 e. The van der Waals surface area contributed by atoms with Crippen LogP contribution >= 0.6 is 0 Å². The number of methoxy groups -OCH3 is 1. The molecule has 6 nitrogen and oxygen atoms in total. The number of nitrogens with two attached hydrogens (primary N) is 1. The van der Waals surface area contributed by atoms with Crippen LogP contribution in [0.2, 0.25) is 0 Å². The fourth-order valence-corrected chi connectivity index (χ4v) is 2.38. The molecule has 0 radical (unpaired) electrons. The van der Waals surface area contributed by atoms with E-state index in [1.54, 1.807) is 13.3 Å². The molecule has 1 aliphatic rings. The van der Waals surface area contributed by atoms with E-state index in [0.717, 1.165) is 48.9 Å². The molecule has 1 aromatic heterocycles. The SMILES string of the molecule is COc1ccc(N2CCOCC2)cc1-c1cnoc1N. The van der Waals surface area contributed by atoms with Crippen molar-refractivity contribution in [3.63, 3.8) is 0 Å². The Hall–Kier alpha value is -2.21. The molecular weight excluding hydrogens is 258 g/mol. The van der Waals surface area contributed by atoms with Gasteiger partial charge in [-0.2, -0.15) is 0 Å². The minimum absolute atomic E-state index is 0.294. The molecule has 0 saturated carbocycles. The summed E-state index contributed by atoms with van der Waals surface area (Å²) in [5.41, 5.74) is 8.55. The monoisotopic (exact) mass is 275 g/mol. The molecule has 0 spiro atoms. The molecule has 0 amide bonds. The zero-order valence-electron chi connectivity index (χ0n) is 11.3. The lowest BCUT2D eigenvalue weighted by Gasteiger charge is -2.29. The first-order chi connectivity index (χ1) is 9.79. The predicted molar refractivity (Wildman–Crippen MR) is 75.9 cm³/mol. The number of ether oxygens (including phenoxy) is 2. The number of nitrogens with zero attached hydrogens (tertiary/aromatic N) is 2. The molecule has 1 saturated heterocycles. The maximum absolute atomic E-state index is 5.81. The van der Waals surface area contributed by atoms with E-state index < -0.39 is 0 Å². The molecule has 106 valence electrons. The van der Waals surface area contributed by atoms with Crippen molar-refractivity contribution in [1.29, 1.82) is 0 Å². The highest BCUT2D eigenvalue weighted by Crippen LogP contribution is 2.36. The molecule has 0 unspecified atom stereocenters. The van der Waals surface area contributed by atoms with Crippen LogP contribution < -0.4 is 15.4 Å². The molecule has 1 aromatic carbocycles. The van der Waals surface area contributed by atoms with Gasteiger partial charge < -0.3 is 24.6 Å². The number of morpholine rings is 1. The van der Waals surface area contributed by atoms with Gasteiger partial charge in [0.05, 0.1) is 32.1 Å². The molecule has 0 aliphatic carbocycles. The minimum atomic E-state index is 0.294.